The predicted molar refractivity (Wildman–Crippen MR) is 104 cm³/mol. The highest BCUT2D eigenvalue weighted by Crippen LogP contribution is 2.52. The first-order valence-electron chi connectivity index (χ1n) is 8.63. The number of fused-ring (bicyclic) bond motifs is 2. The van der Waals surface area contributed by atoms with Gasteiger partial charge in [-0.05, 0) is 35.4 Å². The van der Waals surface area contributed by atoms with Crippen LogP contribution in [0.15, 0.2) is 42.5 Å². The molecule has 0 aliphatic carbocycles. The molecule has 3 atom stereocenters. The van der Waals surface area contributed by atoms with E-state index in [0.717, 1.165) is 11.1 Å². The van der Waals surface area contributed by atoms with Gasteiger partial charge in [0.2, 0.25) is 11.8 Å². The van der Waals surface area contributed by atoms with E-state index in [4.69, 9.17) is 27.9 Å². The van der Waals surface area contributed by atoms with Gasteiger partial charge in [-0.1, -0.05) is 41.4 Å². The molecule has 5 nitrogen and oxygen atoms in total. The second-order valence-corrected chi connectivity index (χ2v) is 7.72. The van der Waals surface area contributed by atoms with Crippen molar-refractivity contribution in [3.8, 4) is 0 Å². The Morgan fingerprint density at radius 3 is 2.48 bits per heavy atom. The summed E-state index contributed by atoms with van der Waals surface area (Å²) >= 11 is 12.2. The summed E-state index contributed by atoms with van der Waals surface area (Å²) in [6, 6.07) is 12.6. The Balaban J connectivity index is 1.98. The molecule has 2 aliphatic rings. The summed E-state index contributed by atoms with van der Waals surface area (Å²) in [5.74, 6) is -0.725. The van der Waals surface area contributed by atoms with Gasteiger partial charge in [0.25, 0.3) is 0 Å². The second kappa shape index (κ2) is 6.82. The lowest BCUT2D eigenvalue weighted by Gasteiger charge is -2.39. The molecule has 0 saturated carbocycles. The first kappa shape index (κ1) is 18.3. The first-order chi connectivity index (χ1) is 13.0. The van der Waals surface area contributed by atoms with Gasteiger partial charge >= 0.3 is 0 Å². The number of anilines is 1. The van der Waals surface area contributed by atoms with Gasteiger partial charge in [-0.15, -0.1) is 0 Å². The van der Waals surface area contributed by atoms with Gasteiger partial charge in [0.1, 0.15) is 5.41 Å². The largest absolute Gasteiger partial charge is 0.378 e. The topological polar surface area (TPSA) is 67.4 Å². The molecule has 0 radical (unpaired) electrons. The van der Waals surface area contributed by atoms with Crippen molar-refractivity contribution < 1.29 is 14.3 Å². The first-order valence-corrected chi connectivity index (χ1v) is 9.39. The maximum absolute atomic E-state index is 13.4. The fourth-order valence-electron chi connectivity index (χ4n) is 4.35. The number of carbonyl (C=O) groups is 2. The molecule has 0 aromatic heterocycles. The number of amides is 2. The Bertz CT molecular complexity index is 916. The van der Waals surface area contributed by atoms with Crippen LogP contribution < -0.4 is 10.6 Å². The van der Waals surface area contributed by atoms with Gasteiger partial charge < -0.3 is 15.4 Å². The number of carbonyl (C=O) groups excluding carboxylic acids is 2. The summed E-state index contributed by atoms with van der Waals surface area (Å²) in [6.07, 6.45) is -0.371. The van der Waals surface area contributed by atoms with E-state index in [1.54, 1.807) is 31.4 Å². The summed E-state index contributed by atoms with van der Waals surface area (Å²) in [5, 5.41) is 6.95. The summed E-state index contributed by atoms with van der Waals surface area (Å²) in [5.41, 5.74) is 1.25. The number of rotatable bonds is 2. The standard InChI is InChI=1S/C20H18Cl2N2O3/c1-27-17-10-23-18(25)9-15(11-2-4-12(21)5-3-11)20(17)14-7-6-13(22)8-16(14)24-19(20)26/h2-8,15,17H,9-10H2,1H3,(H,23,25)(H,24,26)/t15-,17-,20-/m0/s1. The summed E-state index contributed by atoms with van der Waals surface area (Å²) in [6.45, 7) is 0.245. The molecule has 1 fully saturated rings. The minimum Gasteiger partial charge on any atom is -0.378 e. The van der Waals surface area contributed by atoms with Crippen LogP contribution >= 0.6 is 23.2 Å². The van der Waals surface area contributed by atoms with Crippen LogP contribution in [0.25, 0.3) is 0 Å². The van der Waals surface area contributed by atoms with E-state index in [0.29, 0.717) is 15.7 Å². The number of hydrogen-bond donors (Lipinski definition) is 2. The number of hydrogen-bond acceptors (Lipinski definition) is 3. The van der Waals surface area contributed by atoms with E-state index in [1.165, 1.54) is 0 Å². The Morgan fingerprint density at radius 2 is 1.78 bits per heavy atom. The van der Waals surface area contributed by atoms with Crippen LogP contribution in [0.4, 0.5) is 5.69 Å². The van der Waals surface area contributed by atoms with Crippen molar-refractivity contribution in [3.05, 3.63) is 63.6 Å². The Hall–Kier alpha value is -2.08. The highest BCUT2D eigenvalue weighted by molar-refractivity contribution is 6.31. The van der Waals surface area contributed by atoms with Crippen LogP contribution in [0, 0.1) is 0 Å². The van der Waals surface area contributed by atoms with Crippen LogP contribution in [0.1, 0.15) is 23.5 Å². The molecule has 27 heavy (non-hydrogen) atoms. The maximum atomic E-state index is 13.4. The molecule has 4 rings (SSSR count). The third-order valence-corrected chi connectivity index (χ3v) is 6.03. The second-order valence-electron chi connectivity index (χ2n) is 6.85. The van der Waals surface area contributed by atoms with E-state index in [1.807, 2.05) is 18.2 Å². The minimum absolute atomic E-state index is 0.121. The summed E-state index contributed by atoms with van der Waals surface area (Å²) in [4.78, 5) is 25.9. The Labute approximate surface area is 167 Å². The average Bonchev–Trinajstić information content (AvgIpc) is 2.83. The number of ether oxygens (including phenoxy) is 1. The number of nitrogens with one attached hydrogen (secondary N) is 2. The molecule has 0 unspecified atom stereocenters. The number of methoxy groups -OCH3 is 1. The minimum atomic E-state index is -1.05. The van der Waals surface area contributed by atoms with Gasteiger partial charge in [-0.3, -0.25) is 9.59 Å². The Morgan fingerprint density at radius 1 is 1.07 bits per heavy atom. The molecule has 140 valence electrons. The van der Waals surface area contributed by atoms with Crippen molar-refractivity contribution in [1.82, 2.24) is 5.32 Å². The van der Waals surface area contributed by atoms with Gasteiger partial charge in [0.15, 0.2) is 0 Å². The van der Waals surface area contributed by atoms with Crippen molar-refractivity contribution in [2.24, 2.45) is 0 Å². The maximum Gasteiger partial charge on any atom is 0.238 e. The molecule has 1 spiro atoms. The highest BCUT2D eigenvalue weighted by Gasteiger charge is 2.59. The van der Waals surface area contributed by atoms with E-state index in [2.05, 4.69) is 10.6 Å². The Kier molecular flexibility index (Phi) is 4.62. The lowest BCUT2D eigenvalue weighted by molar-refractivity contribution is -0.127. The molecule has 7 heteroatoms. The van der Waals surface area contributed by atoms with Gasteiger partial charge in [-0.25, -0.2) is 0 Å². The fourth-order valence-corrected chi connectivity index (χ4v) is 4.65. The zero-order valence-corrected chi connectivity index (χ0v) is 16.1. The lowest BCUT2D eigenvalue weighted by atomic mass is 9.64. The smallest absolute Gasteiger partial charge is 0.238 e. The average molecular weight is 405 g/mol. The van der Waals surface area contributed by atoms with Crippen LogP contribution in [-0.4, -0.2) is 31.6 Å². The third kappa shape index (κ3) is 2.81. The van der Waals surface area contributed by atoms with Crippen molar-refractivity contribution >= 4 is 40.7 Å². The van der Waals surface area contributed by atoms with E-state index < -0.39 is 17.4 Å². The summed E-state index contributed by atoms with van der Waals surface area (Å²) < 4.78 is 5.76. The lowest BCUT2D eigenvalue weighted by Crippen LogP contribution is -2.52. The van der Waals surface area contributed by atoms with Crippen molar-refractivity contribution in [2.75, 3.05) is 19.0 Å². The predicted octanol–water partition coefficient (Wildman–Crippen LogP) is 3.50. The molecule has 2 aromatic rings. The van der Waals surface area contributed by atoms with Gasteiger partial charge in [-0.2, -0.15) is 0 Å². The summed E-state index contributed by atoms with van der Waals surface area (Å²) in [7, 11) is 1.56. The molecule has 2 amide bonds. The van der Waals surface area contributed by atoms with Crippen LogP contribution in [0.5, 0.6) is 0 Å². The monoisotopic (exact) mass is 404 g/mol. The molecule has 2 aliphatic heterocycles. The van der Waals surface area contributed by atoms with E-state index in [9.17, 15) is 9.59 Å². The molecule has 2 heterocycles. The molecule has 2 N–H and O–H groups in total. The van der Waals surface area contributed by atoms with Crippen molar-refractivity contribution in [3.63, 3.8) is 0 Å². The van der Waals surface area contributed by atoms with Gasteiger partial charge in [0.05, 0.1) is 6.10 Å². The van der Waals surface area contributed by atoms with Crippen molar-refractivity contribution in [1.29, 1.82) is 0 Å². The number of halogens is 2. The normalized spacial score (nSPS) is 27.1. The molecule has 0 bridgehead atoms. The molecule has 2 aromatic carbocycles. The zero-order valence-electron chi connectivity index (χ0n) is 14.6. The van der Waals surface area contributed by atoms with Gasteiger partial charge in [0, 0.05) is 41.7 Å². The quantitative estimate of drug-likeness (QED) is 0.804. The van der Waals surface area contributed by atoms with E-state index >= 15 is 0 Å². The number of benzene rings is 2. The molecule has 1 saturated heterocycles. The van der Waals surface area contributed by atoms with Crippen molar-refractivity contribution in [2.45, 2.75) is 23.9 Å². The van der Waals surface area contributed by atoms with Crippen LogP contribution in [0.2, 0.25) is 10.0 Å². The third-order valence-electron chi connectivity index (χ3n) is 5.54. The fraction of sp³-hybridized carbons (Fsp3) is 0.300. The molecular weight excluding hydrogens is 387 g/mol. The van der Waals surface area contributed by atoms with Crippen LogP contribution in [-0.2, 0) is 19.7 Å². The van der Waals surface area contributed by atoms with E-state index in [-0.39, 0.29) is 24.8 Å². The SMILES string of the molecule is CO[C@H]1CNC(=O)C[C@@H](c2ccc(Cl)cc2)[C@]12C(=O)Nc1cc(Cl)ccc12. The zero-order chi connectivity index (χ0) is 19.2. The van der Waals surface area contributed by atoms with Crippen LogP contribution in [0.3, 0.4) is 0 Å². The molecular formula is C20H18Cl2N2O3. The highest BCUT2D eigenvalue weighted by atomic mass is 35.5.